The molecule has 0 aromatic heterocycles. The van der Waals surface area contributed by atoms with Gasteiger partial charge in [-0.05, 0) is 19.1 Å². The van der Waals surface area contributed by atoms with Gasteiger partial charge in [0.2, 0.25) is 10.0 Å². The van der Waals surface area contributed by atoms with Gasteiger partial charge in [0.1, 0.15) is 4.90 Å². The molecule has 0 saturated heterocycles. The Labute approximate surface area is 94.5 Å². The van der Waals surface area contributed by atoms with Crippen molar-refractivity contribution in [2.75, 3.05) is 0 Å². The first-order chi connectivity index (χ1) is 6.97. The van der Waals surface area contributed by atoms with Gasteiger partial charge in [0.05, 0.1) is 11.1 Å². The zero-order valence-corrected chi connectivity index (χ0v) is 9.64. The molecule has 1 N–H and O–H groups in total. The average Bonchev–Trinajstić information content (AvgIpc) is 2.17. The minimum Gasteiger partial charge on any atom is -0.207 e. The second kappa shape index (κ2) is 4.67. The maximum atomic E-state index is 11.7. The number of benzene rings is 1. The van der Waals surface area contributed by atoms with Crippen molar-refractivity contribution >= 4 is 21.6 Å². The monoisotopic (exact) mass is 243 g/mol. The predicted octanol–water partition coefficient (Wildman–Crippen LogP) is 1.64. The lowest BCUT2D eigenvalue weighted by Gasteiger charge is -2.09. The molecule has 15 heavy (non-hydrogen) atoms. The van der Waals surface area contributed by atoms with E-state index in [1.165, 1.54) is 12.1 Å². The summed E-state index contributed by atoms with van der Waals surface area (Å²) in [5.74, 6) is 2.28. The molecule has 0 bridgehead atoms. The molecule has 3 nitrogen and oxygen atoms in total. The summed E-state index contributed by atoms with van der Waals surface area (Å²) in [7, 11) is -3.63. The maximum Gasteiger partial charge on any atom is 0.243 e. The topological polar surface area (TPSA) is 46.2 Å². The van der Waals surface area contributed by atoms with E-state index in [0.29, 0.717) is 0 Å². The second-order valence-electron chi connectivity index (χ2n) is 2.94. The third-order valence-corrected chi connectivity index (χ3v) is 3.75. The van der Waals surface area contributed by atoms with Gasteiger partial charge in [-0.3, -0.25) is 0 Å². The summed E-state index contributed by atoms with van der Waals surface area (Å²) in [6, 6.07) is 5.63. The van der Waals surface area contributed by atoms with E-state index in [2.05, 4.69) is 10.6 Å². The van der Waals surface area contributed by atoms with Gasteiger partial charge in [-0.15, -0.1) is 6.42 Å². The Hall–Kier alpha value is -1.02. The fraction of sp³-hybridized carbons (Fsp3) is 0.200. The Balaban J connectivity index is 3.09. The van der Waals surface area contributed by atoms with Crippen molar-refractivity contribution in [2.45, 2.75) is 17.9 Å². The van der Waals surface area contributed by atoms with Gasteiger partial charge in [-0.25, -0.2) is 8.42 Å². The van der Waals surface area contributed by atoms with Gasteiger partial charge in [-0.2, -0.15) is 4.72 Å². The van der Waals surface area contributed by atoms with E-state index in [-0.39, 0.29) is 9.92 Å². The predicted molar refractivity (Wildman–Crippen MR) is 60.1 cm³/mol. The van der Waals surface area contributed by atoms with Gasteiger partial charge in [0, 0.05) is 0 Å². The highest BCUT2D eigenvalue weighted by Crippen LogP contribution is 2.20. The molecule has 0 aliphatic carbocycles. The second-order valence-corrected chi connectivity index (χ2v) is 5.03. The molecule has 1 atom stereocenters. The molecule has 0 fully saturated rings. The zero-order chi connectivity index (χ0) is 11.5. The number of nitrogens with one attached hydrogen (secondary N) is 1. The van der Waals surface area contributed by atoms with Crippen LogP contribution in [0.4, 0.5) is 0 Å². The minimum absolute atomic E-state index is 0.0359. The van der Waals surface area contributed by atoms with E-state index >= 15 is 0 Å². The van der Waals surface area contributed by atoms with Crippen molar-refractivity contribution in [3.05, 3.63) is 29.3 Å². The Morgan fingerprint density at radius 1 is 1.47 bits per heavy atom. The maximum absolute atomic E-state index is 11.7. The molecule has 0 radical (unpaired) electrons. The van der Waals surface area contributed by atoms with Crippen LogP contribution in [0, 0.1) is 12.3 Å². The highest BCUT2D eigenvalue weighted by atomic mass is 35.5. The number of sulfonamides is 1. The lowest BCUT2D eigenvalue weighted by Crippen LogP contribution is -2.31. The first kappa shape index (κ1) is 12.1. The zero-order valence-electron chi connectivity index (χ0n) is 8.07. The van der Waals surface area contributed by atoms with Crippen LogP contribution < -0.4 is 4.72 Å². The van der Waals surface area contributed by atoms with Gasteiger partial charge in [0.15, 0.2) is 0 Å². The number of rotatable bonds is 3. The first-order valence-electron chi connectivity index (χ1n) is 4.20. The number of halogens is 1. The minimum atomic E-state index is -3.63. The molecule has 1 aromatic rings. The normalized spacial score (nSPS) is 13.1. The SMILES string of the molecule is C#CC(C)NS(=O)(=O)c1ccccc1Cl. The Kier molecular flexibility index (Phi) is 3.75. The van der Waals surface area contributed by atoms with Crippen LogP contribution in [0.3, 0.4) is 0 Å². The van der Waals surface area contributed by atoms with Crippen LogP contribution in [0.1, 0.15) is 6.92 Å². The molecule has 5 heteroatoms. The van der Waals surface area contributed by atoms with Crippen LogP contribution in [0.15, 0.2) is 29.2 Å². The Bertz CT molecular complexity index is 490. The lowest BCUT2D eigenvalue weighted by molar-refractivity contribution is 0.578. The molecule has 1 rings (SSSR count). The summed E-state index contributed by atoms with van der Waals surface area (Å²) < 4.78 is 25.8. The van der Waals surface area contributed by atoms with E-state index < -0.39 is 16.1 Å². The summed E-state index contributed by atoms with van der Waals surface area (Å²) >= 11 is 5.76. The Morgan fingerprint density at radius 2 is 2.07 bits per heavy atom. The van der Waals surface area contributed by atoms with Crippen LogP contribution >= 0.6 is 11.6 Å². The van der Waals surface area contributed by atoms with Crippen molar-refractivity contribution in [2.24, 2.45) is 0 Å². The van der Waals surface area contributed by atoms with Gasteiger partial charge >= 0.3 is 0 Å². The molecule has 80 valence electrons. The average molecular weight is 244 g/mol. The van der Waals surface area contributed by atoms with Crippen LogP contribution in [-0.4, -0.2) is 14.5 Å². The standard InChI is InChI=1S/C10H10ClNO2S/c1-3-8(2)12-15(13,14)10-7-5-4-6-9(10)11/h1,4-8,12H,2H3. The van der Waals surface area contributed by atoms with E-state index in [0.717, 1.165) is 0 Å². The Morgan fingerprint density at radius 3 is 2.60 bits per heavy atom. The number of hydrogen-bond acceptors (Lipinski definition) is 2. The van der Waals surface area contributed by atoms with Crippen molar-refractivity contribution in [1.82, 2.24) is 4.72 Å². The quantitative estimate of drug-likeness (QED) is 0.821. The van der Waals surface area contributed by atoms with Crippen molar-refractivity contribution < 1.29 is 8.42 Å². The lowest BCUT2D eigenvalue weighted by atomic mass is 10.4. The molecule has 0 heterocycles. The van der Waals surface area contributed by atoms with Gasteiger partial charge in [0.25, 0.3) is 0 Å². The molecule has 0 aliphatic heterocycles. The molecule has 1 aromatic carbocycles. The van der Waals surface area contributed by atoms with Crippen molar-refractivity contribution in [3.8, 4) is 12.3 Å². The van der Waals surface area contributed by atoms with Gasteiger partial charge in [-0.1, -0.05) is 29.7 Å². The third-order valence-electron chi connectivity index (χ3n) is 1.71. The molecule has 0 amide bonds. The van der Waals surface area contributed by atoms with E-state index in [9.17, 15) is 8.42 Å². The summed E-state index contributed by atoms with van der Waals surface area (Å²) in [6.07, 6.45) is 5.09. The van der Waals surface area contributed by atoms with Crippen LogP contribution in [0.2, 0.25) is 5.02 Å². The number of hydrogen-bond donors (Lipinski definition) is 1. The summed E-state index contributed by atoms with van der Waals surface area (Å²) in [5, 5.41) is 0.175. The molecular formula is C10H10ClNO2S. The largest absolute Gasteiger partial charge is 0.243 e. The molecule has 1 unspecified atom stereocenters. The fourth-order valence-electron chi connectivity index (χ4n) is 0.993. The first-order valence-corrected chi connectivity index (χ1v) is 6.06. The van der Waals surface area contributed by atoms with Crippen LogP contribution in [0.25, 0.3) is 0 Å². The molecular weight excluding hydrogens is 234 g/mol. The highest BCUT2D eigenvalue weighted by Gasteiger charge is 2.18. The van der Waals surface area contributed by atoms with E-state index in [1.807, 2.05) is 0 Å². The van der Waals surface area contributed by atoms with Crippen molar-refractivity contribution in [3.63, 3.8) is 0 Å². The summed E-state index contributed by atoms with van der Waals surface area (Å²) in [5.41, 5.74) is 0. The molecule has 0 aliphatic rings. The van der Waals surface area contributed by atoms with E-state index in [4.69, 9.17) is 18.0 Å². The van der Waals surface area contributed by atoms with Crippen LogP contribution in [-0.2, 0) is 10.0 Å². The van der Waals surface area contributed by atoms with Gasteiger partial charge < -0.3 is 0 Å². The number of terminal acetylenes is 1. The van der Waals surface area contributed by atoms with Crippen LogP contribution in [0.5, 0.6) is 0 Å². The smallest absolute Gasteiger partial charge is 0.207 e. The summed E-state index contributed by atoms with van der Waals surface area (Å²) in [6.45, 7) is 1.58. The molecule has 0 spiro atoms. The van der Waals surface area contributed by atoms with Crippen molar-refractivity contribution in [1.29, 1.82) is 0 Å². The van der Waals surface area contributed by atoms with E-state index in [1.54, 1.807) is 19.1 Å². The third kappa shape index (κ3) is 2.96. The summed E-state index contributed by atoms with van der Waals surface area (Å²) in [4.78, 5) is 0.0359. The highest BCUT2D eigenvalue weighted by molar-refractivity contribution is 7.89. The molecule has 0 saturated carbocycles. The fourth-order valence-corrected chi connectivity index (χ4v) is 2.68.